The summed E-state index contributed by atoms with van der Waals surface area (Å²) in [5, 5.41) is 5.60. The Balaban J connectivity index is 1.99. The molecule has 4 rings (SSSR count). The van der Waals surface area contributed by atoms with Crippen LogP contribution in [0.25, 0.3) is 27.9 Å². The lowest BCUT2D eigenvalue weighted by Gasteiger charge is -2.03. The van der Waals surface area contributed by atoms with Gasteiger partial charge in [0.1, 0.15) is 5.75 Å². The third-order valence-corrected chi connectivity index (χ3v) is 4.91. The van der Waals surface area contributed by atoms with Crippen LogP contribution in [0.3, 0.4) is 0 Å². The molecule has 0 saturated heterocycles. The van der Waals surface area contributed by atoms with Crippen molar-refractivity contribution >= 4 is 60.0 Å². The highest BCUT2D eigenvalue weighted by atomic mass is 79.9. The van der Waals surface area contributed by atoms with Crippen LogP contribution in [0.5, 0.6) is 5.75 Å². The number of halogens is 3. The van der Waals surface area contributed by atoms with Crippen LogP contribution in [0.1, 0.15) is 0 Å². The molecule has 0 unspecified atom stereocenters. The monoisotopic (exact) mass is 466 g/mol. The normalized spacial score (nSPS) is 11.3. The molecule has 0 aliphatic rings. The maximum atomic E-state index is 6.29. The van der Waals surface area contributed by atoms with Gasteiger partial charge in [0.15, 0.2) is 11.5 Å². The van der Waals surface area contributed by atoms with E-state index in [1.807, 2.05) is 36.4 Å². The summed E-state index contributed by atoms with van der Waals surface area (Å²) in [7, 11) is 1.63. The largest absolute Gasteiger partial charge is 0.497 e. The fourth-order valence-corrected chi connectivity index (χ4v) is 3.98. The van der Waals surface area contributed by atoms with Gasteiger partial charge in [0, 0.05) is 19.9 Å². The van der Waals surface area contributed by atoms with Crippen molar-refractivity contribution < 1.29 is 4.74 Å². The molecule has 2 aromatic heterocycles. The molecular formula is C16H9Br2ClN4O. The molecule has 2 heterocycles. The van der Waals surface area contributed by atoms with Gasteiger partial charge in [-0.25, -0.2) is 9.97 Å². The molecule has 0 fully saturated rings. The zero-order valence-electron chi connectivity index (χ0n) is 12.3. The second kappa shape index (κ2) is 5.98. The van der Waals surface area contributed by atoms with Crippen molar-refractivity contribution in [3.05, 3.63) is 50.6 Å². The Labute approximate surface area is 158 Å². The third-order valence-electron chi connectivity index (χ3n) is 3.60. The van der Waals surface area contributed by atoms with Crippen molar-refractivity contribution in [2.24, 2.45) is 0 Å². The van der Waals surface area contributed by atoms with Crippen LogP contribution < -0.4 is 4.74 Å². The van der Waals surface area contributed by atoms with E-state index in [4.69, 9.17) is 16.3 Å². The number of hydrogen-bond acceptors (Lipinski definition) is 4. The predicted octanol–water partition coefficient (Wildman–Crippen LogP) is 5.13. The Morgan fingerprint density at radius 1 is 1.08 bits per heavy atom. The SMILES string of the molecule is COc1ccc(-c2nc3c4cc(Br)cc(Br)c4nc(Cl)n3n2)cc1. The fourth-order valence-electron chi connectivity index (χ4n) is 2.47. The quantitative estimate of drug-likeness (QED) is 0.383. The number of benzene rings is 2. The molecule has 0 saturated carbocycles. The molecule has 0 atom stereocenters. The third kappa shape index (κ3) is 2.56. The molecule has 0 aliphatic heterocycles. The standard InChI is InChI=1S/C16H9Br2ClN4O/c1-24-10-4-2-8(3-5-10)14-21-15-11-6-9(17)7-12(18)13(11)20-16(19)23(15)22-14/h2-7H,1H3. The van der Waals surface area contributed by atoms with Crippen molar-refractivity contribution in [2.45, 2.75) is 0 Å². The lowest BCUT2D eigenvalue weighted by atomic mass is 10.2. The van der Waals surface area contributed by atoms with Gasteiger partial charge in [0.2, 0.25) is 5.28 Å². The molecule has 120 valence electrons. The van der Waals surface area contributed by atoms with Crippen LogP contribution in [0.2, 0.25) is 5.28 Å². The summed E-state index contributed by atoms with van der Waals surface area (Å²) in [4.78, 5) is 9.07. The number of hydrogen-bond donors (Lipinski definition) is 0. The molecule has 4 aromatic rings. The van der Waals surface area contributed by atoms with E-state index < -0.39 is 0 Å². The minimum Gasteiger partial charge on any atom is -0.497 e. The van der Waals surface area contributed by atoms with E-state index in [9.17, 15) is 0 Å². The maximum Gasteiger partial charge on any atom is 0.226 e. The molecular weight excluding hydrogens is 459 g/mol. The molecule has 0 spiro atoms. The minimum atomic E-state index is 0.257. The molecule has 0 amide bonds. The molecule has 2 aromatic carbocycles. The Morgan fingerprint density at radius 3 is 2.54 bits per heavy atom. The molecule has 0 bridgehead atoms. The van der Waals surface area contributed by atoms with Crippen molar-refractivity contribution in [3.63, 3.8) is 0 Å². The molecule has 8 heteroatoms. The highest BCUT2D eigenvalue weighted by molar-refractivity contribution is 9.11. The number of fused-ring (bicyclic) bond motifs is 3. The van der Waals surface area contributed by atoms with Crippen LogP contribution in [-0.4, -0.2) is 26.7 Å². The maximum absolute atomic E-state index is 6.29. The van der Waals surface area contributed by atoms with Gasteiger partial charge >= 0.3 is 0 Å². The van der Waals surface area contributed by atoms with E-state index in [1.165, 1.54) is 0 Å². The van der Waals surface area contributed by atoms with Gasteiger partial charge in [0.05, 0.1) is 12.6 Å². The molecule has 0 N–H and O–H groups in total. The molecule has 24 heavy (non-hydrogen) atoms. The number of nitrogens with zero attached hydrogens (tertiary/aromatic N) is 4. The highest BCUT2D eigenvalue weighted by Gasteiger charge is 2.15. The van der Waals surface area contributed by atoms with Gasteiger partial charge in [-0.05, 0) is 63.9 Å². The van der Waals surface area contributed by atoms with Crippen LogP contribution in [0.4, 0.5) is 0 Å². The molecule has 0 radical (unpaired) electrons. The number of ether oxygens (including phenoxy) is 1. The van der Waals surface area contributed by atoms with Gasteiger partial charge in [0.25, 0.3) is 0 Å². The van der Waals surface area contributed by atoms with Crippen LogP contribution in [0.15, 0.2) is 45.3 Å². The first-order valence-electron chi connectivity index (χ1n) is 6.92. The summed E-state index contributed by atoms with van der Waals surface area (Å²) >= 11 is 13.3. The predicted molar refractivity (Wildman–Crippen MR) is 101 cm³/mol. The number of methoxy groups -OCH3 is 1. The second-order valence-corrected chi connectivity index (χ2v) is 7.17. The van der Waals surface area contributed by atoms with Crippen LogP contribution in [-0.2, 0) is 0 Å². The summed E-state index contributed by atoms with van der Waals surface area (Å²) in [5.41, 5.74) is 2.26. The first kappa shape index (κ1) is 15.8. The Bertz CT molecular complexity index is 1080. The summed E-state index contributed by atoms with van der Waals surface area (Å²) < 4.78 is 8.48. The molecule has 5 nitrogen and oxygen atoms in total. The van der Waals surface area contributed by atoms with Crippen LogP contribution in [0, 0.1) is 0 Å². The Morgan fingerprint density at radius 2 is 1.83 bits per heavy atom. The van der Waals surface area contributed by atoms with Gasteiger partial charge < -0.3 is 4.74 Å². The summed E-state index contributed by atoms with van der Waals surface area (Å²) in [6.45, 7) is 0. The second-order valence-electron chi connectivity index (χ2n) is 5.06. The lowest BCUT2D eigenvalue weighted by molar-refractivity contribution is 0.415. The van der Waals surface area contributed by atoms with E-state index in [-0.39, 0.29) is 5.28 Å². The van der Waals surface area contributed by atoms with Crippen LogP contribution >= 0.6 is 43.5 Å². The summed E-state index contributed by atoms with van der Waals surface area (Å²) in [6.07, 6.45) is 0. The Hall–Kier alpha value is -1.70. The first-order chi connectivity index (χ1) is 11.6. The number of aromatic nitrogens is 4. The fraction of sp³-hybridized carbons (Fsp3) is 0.0625. The van der Waals surface area contributed by atoms with Crippen molar-refractivity contribution in [3.8, 4) is 17.1 Å². The van der Waals surface area contributed by atoms with Crippen molar-refractivity contribution in [1.82, 2.24) is 19.6 Å². The zero-order chi connectivity index (χ0) is 16.8. The van der Waals surface area contributed by atoms with E-state index >= 15 is 0 Å². The van der Waals surface area contributed by atoms with Gasteiger partial charge in [-0.3, -0.25) is 0 Å². The van der Waals surface area contributed by atoms with Gasteiger partial charge in [-0.15, -0.1) is 5.10 Å². The summed E-state index contributed by atoms with van der Waals surface area (Å²) in [5.74, 6) is 1.35. The van der Waals surface area contributed by atoms with E-state index in [0.29, 0.717) is 11.5 Å². The summed E-state index contributed by atoms with van der Waals surface area (Å²) in [6, 6.07) is 11.4. The van der Waals surface area contributed by atoms with Gasteiger partial charge in [-0.2, -0.15) is 4.52 Å². The Kier molecular flexibility index (Phi) is 3.94. The van der Waals surface area contributed by atoms with E-state index in [1.54, 1.807) is 11.6 Å². The van der Waals surface area contributed by atoms with E-state index in [2.05, 4.69) is 46.9 Å². The average molecular weight is 469 g/mol. The minimum absolute atomic E-state index is 0.257. The number of rotatable bonds is 2. The lowest BCUT2D eigenvalue weighted by Crippen LogP contribution is -1.95. The van der Waals surface area contributed by atoms with Gasteiger partial charge in [-0.1, -0.05) is 15.9 Å². The molecule has 0 aliphatic carbocycles. The smallest absolute Gasteiger partial charge is 0.226 e. The highest BCUT2D eigenvalue weighted by Crippen LogP contribution is 2.31. The van der Waals surface area contributed by atoms with Crippen molar-refractivity contribution in [1.29, 1.82) is 0 Å². The van der Waals surface area contributed by atoms with Crippen molar-refractivity contribution in [2.75, 3.05) is 7.11 Å². The topological polar surface area (TPSA) is 52.3 Å². The first-order valence-corrected chi connectivity index (χ1v) is 8.88. The zero-order valence-corrected chi connectivity index (χ0v) is 16.2. The average Bonchev–Trinajstić information content (AvgIpc) is 3.02. The van der Waals surface area contributed by atoms with E-state index in [0.717, 1.165) is 31.2 Å².